The number of carbonyl (C=O) groups is 2. The molecule has 0 fully saturated rings. The summed E-state index contributed by atoms with van der Waals surface area (Å²) in [5.74, 6) is 0.202. The zero-order valence-electron chi connectivity index (χ0n) is 27.0. The van der Waals surface area contributed by atoms with Gasteiger partial charge in [-0.2, -0.15) is 0 Å². The molecule has 0 aliphatic carbocycles. The molecule has 0 saturated heterocycles. The Hall–Kier alpha value is -1.22. The van der Waals surface area contributed by atoms with Crippen molar-refractivity contribution in [2.24, 2.45) is 0 Å². The van der Waals surface area contributed by atoms with Gasteiger partial charge in [0.1, 0.15) is 13.1 Å². The Kier molecular flexibility index (Phi) is 24.7. The molecule has 0 aromatic rings. The molecule has 0 aliphatic rings. The summed E-state index contributed by atoms with van der Waals surface area (Å²) in [5.41, 5.74) is 0. The summed E-state index contributed by atoms with van der Waals surface area (Å²) in [6.45, 7) is 10.1. The van der Waals surface area contributed by atoms with E-state index in [9.17, 15) is 19.8 Å². The second-order valence-corrected chi connectivity index (χ2v) is 12.5. The van der Waals surface area contributed by atoms with Crippen LogP contribution in [-0.2, 0) is 9.59 Å². The molecule has 0 aromatic heterocycles. The maximum absolute atomic E-state index is 12.4. The first kappa shape index (κ1) is 38.8. The molecule has 0 bridgehead atoms. The normalized spacial score (nSPS) is 14.4. The van der Waals surface area contributed by atoms with E-state index in [0.717, 1.165) is 64.7 Å². The number of hydrogen-bond donors (Lipinski definition) is 4. The number of quaternary nitrogens is 2. The van der Waals surface area contributed by atoms with E-state index in [1.807, 2.05) is 0 Å². The third-order valence-electron chi connectivity index (χ3n) is 8.18. The highest BCUT2D eigenvalue weighted by Gasteiger charge is 2.25. The molecule has 0 saturated carbocycles. The van der Waals surface area contributed by atoms with Crippen molar-refractivity contribution in [1.29, 1.82) is 0 Å². The number of rotatable bonds is 29. The molecule has 0 rings (SSSR count). The zero-order chi connectivity index (χ0) is 30.0. The van der Waals surface area contributed by atoms with Gasteiger partial charge in [-0.3, -0.25) is 9.59 Å². The molecule has 238 valence electrons. The van der Waals surface area contributed by atoms with E-state index in [1.54, 1.807) is 0 Å². The third-order valence-corrected chi connectivity index (χ3v) is 8.18. The predicted octanol–water partition coefficient (Wildman–Crippen LogP) is 4.38. The van der Waals surface area contributed by atoms with Crippen LogP contribution in [0.1, 0.15) is 117 Å². The number of likely N-dealkylation sites (N-methyl/N-ethyl adjacent to an activating group) is 2. The van der Waals surface area contributed by atoms with Crippen molar-refractivity contribution in [2.75, 3.05) is 79.7 Å². The molecule has 0 heterocycles. The minimum atomic E-state index is 0.101. The molecule has 2 amide bonds. The third kappa shape index (κ3) is 22.5. The second kappa shape index (κ2) is 25.5. The SMILES string of the molecule is CCCCCCNC(=O)C[N+](C)(CCO)CCCCCCCCCC[N+](C)(CCO)CC(=O)NCCCCCC. The van der Waals surface area contributed by atoms with Crippen molar-refractivity contribution >= 4 is 11.8 Å². The monoisotopic (exact) mass is 573 g/mol. The first-order valence-electron chi connectivity index (χ1n) is 16.7. The van der Waals surface area contributed by atoms with Crippen molar-refractivity contribution in [1.82, 2.24) is 10.6 Å². The van der Waals surface area contributed by atoms with E-state index in [2.05, 4.69) is 38.6 Å². The molecule has 2 atom stereocenters. The van der Waals surface area contributed by atoms with Gasteiger partial charge < -0.3 is 29.8 Å². The van der Waals surface area contributed by atoms with E-state index in [4.69, 9.17) is 0 Å². The second-order valence-electron chi connectivity index (χ2n) is 12.5. The summed E-state index contributed by atoms with van der Waals surface area (Å²) >= 11 is 0. The number of aliphatic hydroxyl groups excluding tert-OH is 2. The van der Waals surface area contributed by atoms with Crippen molar-refractivity contribution in [3.05, 3.63) is 0 Å². The molecule has 0 radical (unpaired) electrons. The molecule has 40 heavy (non-hydrogen) atoms. The summed E-state index contributed by atoms with van der Waals surface area (Å²) in [4.78, 5) is 24.8. The van der Waals surface area contributed by atoms with E-state index in [1.165, 1.54) is 64.2 Å². The maximum Gasteiger partial charge on any atom is 0.275 e. The number of aliphatic hydroxyl groups is 2. The Bertz CT molecular complexity index is 570. The minimum Gasteiger partial charge on any atom is -0.391 e. The first-order valence-corrected chi connectivity index (χ1v) is 16.7. The summed E-state index contributed by atoms with van der Waals surface area (Å²) < 4.78 is 1.22. The molecule has 4 N–H and O–H groups in total. The van der Waals surface area contributed by atoms with Gasteiger partial charge in [-0.1, -0.05) is 78.1 Å². The number of amides is 2. The maximum atomic E-state index is 12.4. The average molecular weight is 573 g/mol. The van der Waals surface area contributed by atoms with Crippen molar-refractivity contribution in [2.45, 2.75) is 117 Å². The number of carbonyl (C=O) groups excluding carboxylic acids is 2. The van der Waals surface area contributed by atoms with Gasteiger partial charge in [0.25, 0.3) is 11.8 Å². The van der Waals surface area contributed by atoms with Crippen LogP contribution in [-0.4, -0.2) is 111 Å². The highest BCUT2D eigenvalue weighted by atomic mass is 16.3. The van der Waals surface area contributed by atoms with Crippen LogP contribution >= 0.6 is 0 Å². The molecular formula is C32H68N4O4+2. The van der Waals surface area contributed by atoms with Gasteiger partial charge in [0.05, 0.1) is 40.4 Å². The zero-order valence-corrected chi connectivity index (χ0v) is 27.0. The fraction of sp³-hybridized carbons (Fsp3) is 0.938. The Morgan fingerprint density at radius 3 is 1.15 bits per heavy atom. The smallest absolute Gasteiger partial charge is 0.275 e. The lowest BCUT2D eigenvalue weighted by Gasteiger charge is -2.33. The van der Waals surface area contributed by atoms with Gasteiger partial charge in [-0.25, -0.2) is 0 Å². The largest absolute Gasteiger partial charge is 0.391 e. The summed E-state index contributed by atoms with van der Waals surface area (Å²) in [6, 6.07) is 0. The lowest BCUT2D eigenvalue weighted by molar-refractivity contribution is -0.902. The molecule has 0 spiro atoms. The Morgan fingerprint density at radius 2 is 0.825 bits per heavy atom. The Labute approximate surface area is 247 Å². The summed E-state index contributed by atoms with van der Waals surface area (Å²) in [7, 11) is 4.18. The van der Waals surface area contributed by atoms with Gasteiger partial charge in [0.15, 0.2) is 13.1 Å². The van der Waals surface area contributed by atoms with Crippen LogP contribution in [0.4, 0.5) is 0 Å². The van der Waals surface area contributed by atoms with Crippen LogP contribution < -0.4 is 10.6 Å². The van der Waals surface area contributed by atoms with Crippen molar-refractivity contribution in [3.8, 4) is 0 Å². The molecule has 8 nitrogen and oxygen atoms in total. The number of unbranched alkanes of at least 4 members (excludes halogenated alkanes) is 13. The molecular weight excluding hydrogens is 504 g/mol. The fourth-order valence-electron chi connectivity index (χ4n) is 5.43. The van der Waals surface area contributed by atoms with Crippen LogP contribution in [0.2, 0.25) is 0 Å². The fourth-order valence-corrected chi connectivity index (χ4v) is 5.43. The van der Waals surface area contributed by atoms with Crippen molar-refractivity contribution < 1.29 is 28.8 Å². The molecule has 2 unspecified atom stereocenters. The summed E-state index contributed by atoms with van der Waals surface area (Å²) in [6.07, 6.45) is 18.6. The Morgan fingerprint density at radius 1 is 0.500 bits per heavy atom. The lowest BCUT2D eigenvalue weighted by Crippen LogP contribution is -2.52. The van der Waals surface area contributed by atoms with Crippen LogP contribution in [0.25, 0.3) is 0 Å². The van der Waals surface area contributed by atoms with Crippen LogP contribution in [0.15, 0.2) is 0 Å². The van der Waals surface area contributed by atoms with Crippen molar-refractivity contribution in [3.63, 3.8) is 0 Å². The van der Waals surface area contributed by atoms with E-state index >= 15 is 0 Å². The van der Waals surface area contributed by atoms with Gasteiger partial charge in [-0.15, -0.1) is 0 Å². The molecule has 0 aliphatic heterocycles. The lowest BCUT2D eigenvalue weighted by atomic mass is 10.1. The van der Waals surface area contributed by atoms with Crippen LogP contribution in [0.3, 0.4) is 0 Å². The quantitative estimate of drug-likeness (QED) is 0.0790. The van der Waals surface area contributed by atoms with E-state index in [0.29, 0.717) is 35.1 Å². The Balaban J connectivity index is 4.05. The predicted molar refractivity (Wildman–Crippen MR) is 167 cm³/mol. The topological polar surface area (TPSA) is 98.7 Å². The van der Waals surface area contributed by atoms with E-state index < -0.39 is 0 Å². The molecule has 0 aromatic carbocycles. The van der Waals surface area contributed by atoms with Gasteiger partial charge in [0, 0.05) is 13.1 Å². The number of nitrogens with zero attached hydrogens (tertiary/aromatic N) is 2. The van der Waals surface area contributed by atoms with Gasteiger partial charge in [-0.05, 0) is 38.5 Å². The van der Waals surface area contributed by atoms with E-state index in [-0.39, 0.29) is 25.0 Å². The standard InChI is InChI=1S/C32H66N4O4/c1-5-7-9-17-21-33-31(39)29-35(3,25-27-37)23-19-15-13-11-12-14-16-20-24-36(4,26-28-38)30-32(40)34-22-18-10-8-6-2/h37-38H,5-30H2,1-4H3/p+2. The van der Waals surface area contributed by atoms with Crippen LogP contribution in [0, 0.1) is 0 Å². The van der Waals surface area contributed by atoms with Gasteiger partial charge >= 0.3 is 0 Å². The average Bonchev–Trinajstić information content (AvgIpc) is 2.89. The summed E-state index contributed by atoms with van der Waals surface area (Å²) in [5, 5.41) is 25.2. The number of hydrogen-bond acceptors (Lipinski definition) is 4. The first-order chi connectivity index (χ1) is 19.2. The highest BCUT2D eigenvalue weighted by molar-refractivity contribution is 5.77. The highest BCUT2D eigenvalue weighted by Crippen LogP contribution is 2.13. The molecule has 8 heteroatoms. The van der Waals surface area contributed by atoms with Crippen LogP contribution in [0.5, 0.6) is 0 Å². The minimum absolute atomic E-state index is 0.101. The van der Waals surface area contributed by atoms with Gasteiger partial charge in [0.2, 0.25) is 0 Å². The number of nitrogens with one attached hydrogen (secondary N) is 2.